The van der Waals surface area contributed by atoms with E-state index in [9.17, 15) is 4.79 Å². The van der Waals surface area contributed by atoms with Gasteiger partial charge in [-0.1, -0.05) is 0 Å². The number of nitrogens with two attached hydrogens (primary N) is 1. The Balaban J connectivity index is 2.58. The second-order valence-electron chi connectivity index (χ2n) is 6.95. The Morgan fingerprint density at radius 1 is 1.40 bits per heavy atom. The molecule has 0 aromatic heterocycles. The quantitative estimate of drug-likeness (QED) is 0.830. The molecule has 1 heterocycles. The van der Waals surface area contributed by atoms with Gasteiger partial charge in [0.05, 0.1) is 0 Å². The van der Waals surface area contributed by atoms with Crippen molar-refractivity contribution in [2.75, 3.05) is 19.7 Å². The van der Waals surface area contributed by atoms with Crippen LogP contribution >= 0.6 is 0 Å². The fourth-order valence-corrected chi connectivity index (χ4v) is 2.83. The van der Waals surface area contributed by atoms with Gasteiger partial charge in [-0.2, -0.15) is 0 Å². The van der Waals surface area contributed by atoms with Gasteiger partial charge in [-0.3, -0.25) is 0 Å². The van der Waals surface area contributed by atoms with Gasteiger partial charge in [-0.05, 0) is 58.8 Å². The average molecular weight is 286 g/mol. The molecule has 1 rings (SSSR count). The van der Waals surface area contributed by atoms with Crippen LogP contribution in [0.1, 0.15) is 53.4 Å². The van der Waals surface area contributed by atoms with Crippen molar-refractivity contribution in [3.63, 3.8) is 0 Å². The van der Waals surface area contributed by atoms with Crippen LogP contribution in [0.5, 0.6) is 0 Å². The van der Waals surface area contributed by atoms with Gasteiger partial charge in [-0.15, -0.1) is 0 Å². The number of piperidine rings is 1. The number of aliphatic hydroxyl groups excluding tert-OH is 1. The first-order valence-corrected chi connectivity index (χ1v) is 7.54. The summed E-state index contributed by atoms with van der Waals surface area (Å²) in [5.74, 6) is 0. The van der Waals surface area contributed by atoms with E-state index in [0.29, 0.717) is 13.1 Å². The van der Waals surface area contributed by atoms with Crippen molar-refractivity contribution in [1.82, 2.24) is 4.90 Å². The molecular formula is C15H30N2O3. The Bertz CT molecular complexity index is 316. The Hall–Kier alpha value is -0.810. The summed E-state index contributed by atoms with van der Waals surface area (Å²) in [4.78, 5) is 13.8. The molecule has 0 aromatic rings. The summed E-state index contributed by atoms with van der Waals surface area (Å²) in [6, 6.07) is 0.0786. The van der Waals surface area contributed by atoms with Gasteiger partial charge in [0.2, 0.25) is 0 Å². The molecule has 1 amide bonds. The summed E-state index contributed by atoms with van der Waals surface area (Å²) in [6.07, 6.45) is 3.21. The SMILES string of the molecule is C[C@H](N)C1(CCCO)CCN(C(=O)OC(C)(C)C)CC1. The van der Waals surface area contributed by atoms with Crippen LogP contribution in [0.25, 0.3) is 0 Å². The normalized spacial score (nSPS) is 20.6. The highest BCUT2D eigenvalue weighted by Gasteiger charge is 2.39. The Kier molecular flexibility index (Phi) is 5.83. The molecule has 5 nitrogen and oxygen atoms in total. The Morgan fingerprint density at radius 3 is 2.35 bits per heavy atom. The molecule has 3 N–H and O–H groups in total. The Morgan fingerprint density at radius 2 is 1.95 bits per heavy atom. The standard InChI is InChI=1S/C15H30N2O3/c1-12(16)15(6-5-11-18)7-9-17(10-8-15)13(19)20-14(2,3)4/h12,18H,5-11,16H2,1-4H3/t12-/m0/s1. The molecule has 1 aliphatic heterocycles. The van der Waals surface area contributed by atoms with Crippen molar-refractivity contribution in [2.24, 2.45) is 11.1 Å². The van der Waals surface area contributed by atoms with Crippen LogP contribution in [0, 0.1) is 5.41 Å². The lowest BCUT2D eigenvalue weighted by Crippen LogP contribution is -2.50. The maximum atomic E-state index is 12.0. The van der Waals surface area contributed by atoms with E-state index >= 15 is 0 Å². The largest absolute Gasteiger partial charge is 0.444 e. The second kappa shape index (κ2) is 6.76. The summed E-state index contributed by atoms with van der Waals surface area (Å²) >= 11 is 0. The molecule has 0 aromatic carbocycles. The minimum absolute atomic E-state index is 0.0429. The van der Waals surface area contributed by atoms with Gasteiger partial charge in [0.15, 0.2) is 0 Å². The third kappa shape index (κ3) is 4.63. The summed E-state index contributed by atoms with van der Waals surface area (Å²) in [7, 11) is 0. The van der Waals surface area contributed by atoms with E-state index in [4.69, 9.17) is 15.6 Å². The smallest absolute Gasteiger partial charge is 0.410 e. The predicted octanol–water partition coefficient (Wildman–Crippen LogP) is 2.12. The number of rotatable bonds is 4. The molecule has 1 aliphatic rings. The van der Waals surface area contributed by atoms with E-state index in [1.165, 1.54) is 0 Å². The van der Waals surface area contributed by atoms with Crippen molar-refractivity contribution >= 4 is 6.09 Å². The maximum absolute atomic E-state index is 12.0. The first kappa shape index (κ1) is 17.2. The summed E-state index contributed by atoms with van der Waals surface area (Å²) < 4.78 is 5.40. The lowest BCUT2D eigenvalue weighted by atomic mass is 9.70. The van der Waals surface area contributed by atoms with Crippen molar-refractivity contribution in [3.05, 3.63) is 0 Å². The highest BCUT2D eigenvalue weighted by molar-refractivity contribution is 5.68. The van der Waals surface area contributed by atoms with Crippen LogP contribution < -0.4 is 5.73 Å². The van der Waals surface area contributed by atoms with E-state index < -0.39 is 5.60 Å². The number of hydrogen-bond donors (Lipinski definition) is 2. The van der Waals surface area contributed by atoms with Gasteiger partial charge < -0.3 is 20.5 Å². The van der Waals surface area contributed by atoms with Crippen LogP contribution in [0.4, 0.5) is 4.79 Å². The fraction of sp³-hybridized carbons (Fsp3) is 0.933. The number of ether oxygens (including phenoxy) is 1. The molecule has 1 fully saturated rings. The number of likely N-dealkylation sites (tertiary alicyclic amines) is 1. The number of nitrogens with zero attached hydrogens (tertiary/aromatic N) is 1. The lowest BCUT2D eigenvalue weighted by molar-refractivity contribution is 0.00462. The van der Waals surface area contributed by atoms with Crippen molar-refractivity contribution in [2.45, 2.75) is 65.0 Å². The Labute approximate surface area is 122 Å². The molecule has 0 radical (unpaired) electrons. The molecule has 0 saturated carbocycles. The van der Waals surface area contributed by atoms with E-state index in [2.05, 4.69) is 0 Å². The first-order chi connectivity index (χ1) is 9.20. The topological polar surface area (TPSA) is 75.8 Å². The van der Waals surface area contributed by atoms with E-state index in [1.807, 2.05) is 27.7 Å². The zero-order chi connectivity index (χ0) is 15.4. The molecule has 1 saturated heterocycles. The van der Waals surface area contributed by atoms with Crippen LogP contribution in [-0.2, 0) is 4.74 Å². The van der Waals surface area contributed by atoms with Gasteiger partial charge in [0.1, 0.15) is 5.60 Å². The second-order valence-corrected chi connectivity index (χ2v) is 6.95. The van der Waals surface area contributed by atoms with Gasteiger partial charge in [0.25, 0.3) is 0 Å². The lowest BCUT2D eigenvalue weighted by Gasteiger charge is -2.44. The minimum Gasteiger partial charge on any atom is -0.444 e. The minimum atomic E-state index is -0.455. The third-order valence-electron chi connectivity index (χ3n) is 4.21. The highest BCUT2D eigenvalue weighted by Crippen LogP contribution is 2.38. The molecule has 1 atom stereocenters. The van der Waals surface area contributed by atoms with Crippen LogP contribution in [0.15, 0.2) is 0 Å². The molecule has 20 heavy (non-hydrogen) atoms. The van der Waals surface area contributed by atoms with Crippen molar-refractivity contribution < 1.29 is 14.6 Å². The van der Waals surface area contributed by atoms with E-state index in [0.717, 1.165) is 25.7 Å². The van der Waals surface area contributed by atoms with Crippen LogP contribution in [-0.4, -0.2) is 47.4 Å². The highest BCUT2D eigenvalue weighted by atomic mass is 16.6. The molecule has 0 aliphatic carbocycles. The number of carbonyl (C=O) groups excluding carboxylic acids is 1. The first-order valence-electron chi connectivity index (χ1n) is 7.54. The number of carbonyl (C=O) groups is 1. The van der Waals surface area contributed by atoms with Gasteiger partial charge in [-0.25, -0.2) is 4.79 Å². The predicted molar refractivity (Wildman–Crippen MR) is 79.4 cm³/mol. The molecule has 0 bridgehead atoms. The molecular weight excluding hydrogens is 256 g/mol. The summed E-state index contributed by atoms with van der Waals surface area (Å²) in [5, 5.41) is 9.04. The van der Waals surface area contributed by atoms with E-state index in [1.54, 1.807) is 4.90 Å². The third-order valence-corrected chi connectivity index (χ3v) is 4.21. The molecule has 0 spiro atoms. The molecule has 0 unspecified atom stereocenters. The van der Waals surface area contributed by atoms with Crippen LogP contribution in [0.3, 0.4) is 0 Å². The van der Waals surface area contributed by atoms with Crippen molar-refractivity contribution in [3.8, 4) is 0 Å². The summed E-state index contributed by atoms with van der Waals surface area (Å²) in [6.45, 7) is 9.22. The number of aliphatic hydroxyl groups is 1. The average Bonchev–Trinajstić information content (AvgIpc) is 2.34. The number of hydrogen-bond acceptors (Lipinski definition) is 4. The van der Waals surface area contributed by atoms with Crippen molar-refractivity contribution in [1.29, 1.82) is 0 Å². The van der Waals surface area contributed by atoms with Gasteiger partial charge in [0, 0.05) is 25.7 Å². The van der Waals surface area contributed by atoms with Gasteiger partial charge >= 0.3 is 6.09 Å². The summed E-state index contributed by atoms with van der Waals surface area (Å²) in [5.41, 5.74) is 5.74. The fourth-order valence-electron chi connectivity index (χ4n) is 2.83. The van der Waals surface area contributed by atoms with E-state index in [-0.39, 0.29) is 24.2 Å². The number of amides is 1. The zero-order valence-electron chi connectivity index (χ0n) is 13.3. The molecule has 5 heteroatoms. The zero-order valence-corrected chi connectivity index (χ0v) is 13.3. The monoisotopic (exact) mass is 286 g/mol. The maximum Gasteiger partial charge on any atom is 0.410 e. The van der Waals surface area contributed by atoms with Crippen LogP contribution in [0.2, 0.25) is 0 Å². The molecule has 118 valence electrons.